The zero-order valence-corrected chi connectivity index (χ0v) is 19.4. The number of nitrogens with zero attached hydrogens (tertiary/aromatic N) is 2. The topological polar surface area (TPSA) is 110 Å². The number of nitrogens with one attached hydrogen (secondary N) is 2. The van der Waals surface area contributed by atoms with E-state index in [2.05, 4.69) is 15.6 Å². The number of anilines is 1. The van der Waals surface area contributed by atoms with Crippen molar-refractivity contribution in [3.63, 3.8) is 0 Å². The molecule has 0 aliphatic rings. The quantitative estimate of drug-likeness (QED) is 0.401. The van der Waals surface area contributed by atoms with E-state index in [1.54, 1.807) is 53.8 Å². The molecule has 4 rings (SSSR count). The van der Waals surface area contributed by atoms with Gasteiger partial charge in [0.15, 0.2) is 4.96 Å². The molecular formula is C23H22N4O4S2. The Labute approximate surface area is 195 Å². The molecule has 2 aromatic heterocycles. The molecule has 2 N–H and O–H groups in total. The monoisotopic (exact) mass is 482 g/mol. The molecule has 4 aromatic rings. The summed E-state index contributed by atoms with van der Waals surface area (Å²) in [5.74, 6) is -1.16. The highest BCUT2D eigenvalue weighted by Gasteiger charge is 2.23. The number of carbonyl (C=O) groups is 2. The molecule has 0 bridgehead atoms. The van der Waals surface area contributed by atoms with Gasteiger partial charge in [0.05, 0.1) is 11.4 Å². The number of aromatic nitrogens is 2. The van der Waals surface area contributed by atoms with Crippen LogP contribution in [0.15, 0.2) is 72.4 Å². The Kier molecular flexibility index (Phi) is 6.57. The van der Waals surface area contributed by atoms with Crippen molar-refractivity contribution in [2.24, 2.45) is 0 Å². The lowest BCUT2D eigenvalue weighted by Gasteiger charge is -2.18. The Morgan fingerprint density at radius 3 is 2.48 bits per heavy atom. The van der Waals surface area contributed by atoms with Crippen molar-refractivity contribution in [3.05, 3.63) is 77.9 Å². The molecule has 0 aliphatic carbocycles. The third-order valence-corrected chi connectivity index (χ3v) is 6.72. The van der Waals surface area contributed by atoms with Crippen LogP contribution < -0.4 is 10.6 Å². The largest absolute Gasteiger partial charge is 0.340 e. The average Bonchev–Trinajstić information content (AvgIpc) is 3.39. The fourth-order valence-electron chi connectivity index (χ4n) is 3.25. The van der Waals surface area contributed by atoms with Crippen LogP contribution in [-0.2, 0) is 14.6 Å². The fourth-order valence-corrected chi connectivity index (χ4v) is 4.62. The van der Waals surface area contributed by atoms with Gasteiger partial charge in [-0.05, 0) is 30.7 Å². The van der Waals surface area contributed by atoms with E-state index < -0.39 is 27.7 Å². The van der Waals surface area contributed by atoms with Crippen LogP contribution in [0.3, 0.4) is 0 Å². The van der Waals surface area contributed by atoms with Crippen molar-refractivity contribution in [2.45, 2.75) is 12.5 Å². The molecule has 0 spiro atoms. The van der Waals surface area contributed by atoms with Gasteiger partial charge in [-0.1, -0.05) is 30.3 Å². The molecule has 0 saturated heterocycles. The number of rotatable bonds is 8. The van der Waals surface area contributed by atoms with Gasteiger partial charge in [0.1, 0.15) is 15.9 Å². The number of fused-ring (bicyclic) bond motifs is 1. The average molecular weight is 483 g/mol. The maximum atomic E-state index is 12.9. The van der Waals surface area contributed by atoms with E-state index in [1.807, 2.05) is 34.3 Å². The molecular weight excluding hydrogens is 460 g/mol. The van der Waals surface area contributed by atoms with Gasteiger partial charge in [-0.3, -0.25) is 14.0 Å². The van der Waals surface area contributed by atoms with Crippen LogP contribution in [0, 0.1) is 0 Å². The smallest absolute Gasteiger partial charge is 0.251 e. The van der Waals surface area contributed by atoms with Gasteiger partial charge >= 0.3 is 0 Å². The Bertz CT molecular complexity index is 1350. The van der Waals surface area contributed by atoms with E-state index in [0.717, 1.165) is 22.5 Å². The van der Waals surface area contributed by atoms with Crippen LogP contribution in [-0.4, -0.2) is 47.7 Å². The lowest BCUT2D eigenvalue weighted by atomic mass is 10.1. The number of hydrogen-bond acceptors (Lipinski definition) is 6. The molecule has 8 nitrogen and oxygen atoms in total. The number of carbonyl (C=O) groups excluding carboxylic acids is 2. The number of thiazole rings is 1. The van der Waals surface area contributed by atoms with E-state index in [4.69, 9.17) is 0 Å². The predicted molar refractivity (Wildman–Crippen MR) is 129 cm³/mol. The van der Waals surface area contributed by atoms with E-state index in [-0.39, 0.29) is 12.2 Å². The van der Waals surface area contributed by atoms with E-state index in [1.165, 1.54) is 0 Å². The van der Waals surface area contributed by atoms with Gasteiger partial charge in [-0.25, -0.2) is 13.4 Å². The summed E-state index contributed by atoms with van der Waals surface area (Å²) in [6.07, 6.45) is 4.93. The first-order valence-electron chi connectivity index (χ1n) is 10.2. The van der Waals surface area contributed by atoms with Crippen molar-refractivity contribution in [3.8, 4) is 11.3 Å². The summed E-state index contributed by atoms with van der Waals surface area (Å²) in [5.41, 5.74) is 2.64. The van der Waals surface area contributed by atoms with Crippen molar-refractivity contribution < 1.29 is 18.0 Å². The summed E-state index contributed by atoms with van der Waals surface area (Å²) in [6.45, 7) is 0. The number of amides is 2. The van der Waals surface area contributed by atoms with Gasteiger partial charge < -0.3 is 10.6 Å². The number of imidazole rings is 1. The Balaban J connectivity index is 1.46. The molecule has 2 aromatic carbocycles. The zero-order valence-electron chi connectivity index (χ0n) is 17.8. The molecule has 0 radical (unpaired) electrons. The zero-order chi connectivity index (χ0) is 23.4. The highest BCUT2D eigenvalue weighted by atomic mass is 32.2. The van der Waals surface area contributed by atoms with Gasteiger partial charge in [0.2, 0.25) is 5.91 Å². The summed E-state index contributed by atoms with van der Waals surface area (Å²) in [6, 6.07) is 14.6. The third-order valence-electron chi connectivity index (χ3n) is 4.98. The Hall–Kier alpha value is -3.50. The normalized spacial score (nSPS) is 12.4. The molecule has 33 heavy (non-hydrogen) atoms. The summed E-state index contributed by atoms with van der Waals surface area (Å²) >= 11 is 1.54. The summed E-state index contributed by atoms with van der Waals surface area (Å²) in [4.78, 5) is 30.9. The summed E-state index contributed by atoms with van der Waals surface area (Å²) in [7, 11) is -3.31. The lowest BCUT2D eigenvalue weighted by Crippen LogP contribution is -2.44. The van der Waals surface area contributed by atoms with Crippen LogP contribution >= 0.6 is 11.3 Å². The first-order chi connectivity index (χ1) is 15.8. The highest BCUT2D eigenvalue weighted by Crippen LogP contribution is 2.23. The summed E-state index contributed by atoms with van der Waals surface area (Å²) in [5, 5.41) is 7.37. The molecule has 0 saturated carbocycles. The van der Waals surface area contributed by atoms with Crippen LogP contribution in [0.2, 0.25) is 0 Å². The van der Waals surface area contributed by atoms with Crippen LogP contribution in [0.1, 0.15) is 16.8 Å². The minimum absolute atomic E-state index is 0.0350. The predicted octanol–water partition coefficient (Wildman–Crippen LogP) is 3.23. The fraction of sp³-hybridized carbons (Fsp3) is 0.174. The van der Waals surface area contributed by atoms with E-state index in [0.29, 0.717) is 11.3 Å². The SMILES string of the molecule is CS(=O)(=O)CCC(NC(=O)c1ccccc1)C(=O)Nc1ccc(-c2cn3ccsc3n2)cc1. The molecule has 2 amide bonds. The Morgan fingerprint density at radius 1 is 1.09 bits per heavy atom. The van der Waals surface area contributed by atoms with Crippen LogP contribution in [0.4, 0.5) is 5.69 Å². The second-order valence-corrected chi connectivity index (χ2v) is 10.7. The second-order valence-electron chi connectivity index (χ2n) is 7.60. The van der Waals surface area contributed by atoms with Crippen molar-refractivity contribution >= 4 is 43.6 Å². The minimum Gasteiger partial charge on any atom is -0.340 e. The van der Waals surface area contributed by atoms with Gasteiger partial charge in [-0.2, -0.15) is 0 Å². The second kappa shape index (κ2) is 9.55. The maximum absolute atomic E-state index is 12.9. The molecule has 1 unspecified atom stereocenters. The van der Waals surface area contributed by atoms with E-state index in [9.17, 15) is 18.0 Å². The summed E-state index contributed by atoms with van der Waals surface area (Å²) < 4.78 is 25.2. The number of hydrogen-bond donors (Lipinski definition) is 2. The maximum Gasteiger partial charge on any atom is 0.251 e. The van der Waals surface area contributed by atoms with Gasteiger partial charge in [0.25, 0.3) is 5.91 Å². The molecule has 2 heterocycles. The van der Waals surface area contributed by atoms with Gasteiger partial charge in [0, 0.05) is 40.8 Å². The highest BCUT2D eigenvalue weighted by molar-refractivity contribution is 7.90. The van der Waals surface area contributed by atoms with Gasteiger partial charge in [-0.15, -0.1) is 11.3 Å². The lowest BCUT2D eigenvalue weighted by molar-refractivity contribution is -0.118. The standard InChI is InChI=1S/C23H22N4O4S2/c1-33(30,31)14-11-19(25-21(28)17-5-3-2-4-6-17)22(29)24-18-9-7-16(8-10-18)20-15-27-12-13-32-23(27)26-20/h2-10,12-13,15,19H,11,14H2,1H3,(H,24,29)(H,25,28). The van der Waals surface area contributed by atoms with E-state index >= 15 is 0 Å². The Morgan fingerprint density at radius 2 is 1.82 bits per heavy atom. The molecule has 0 aliphatic heterocycles. The molecule has 1 atom stereocenters. The molecule has 10 heteroatoms. The van der Waals surface area contributed by atoms with Crippen molar-refractivity contribution in [1.29, 1.82) is 0 Å². The van der Waals surface area contributed by atoms with Crippen molar-refractivity contribution in [2.75, 3.05) is 17.3 Å². The van der Waals surface area contributed by atoms with Crippen LogP contribution in [0.5, 0.6) is 0 Å². The third kappa shape index (κ3) is 5.85. The van der Waals surface area contributed by atoms with Crippen LogP contribution in [0.25, 0.3) is 16.2 Å². The number of benzene rings is 2. The first kappa shape index (κ1) is 22.7. The minimum atomic E-state index is -3.31. The molecule has 170 valence electrons. The molecule has 0 fully saturated rings. The number of sulfone groups is 1. The first-order valence-corrected chi connectivity index (χ1v) is 13.1. The van der Waals surface area contributed by atoms with Crippen molar-refractivity contribution in [1.82, 2.24) is 14.7 Å².